The van der Waals surface area contributed by atoms with Crippen LogP contribution in [0.3, 0.4) is 0 Å². The fraction of sp³-hybridized carbons (Fsp3) is 0.211. The van der Waals surface area contributed by atoms with Crippen LogP contribution in [0.4, 0.5) is 0 Å². The van der Waals surface area contributed by atoms with E-state index >= 15 is 0 Å². The van der Waals surface area contributed by atoms with Gasteiger partial charge in [0.25, 0.3) is 0 Å². The Hall–Kier alpha value is -1.71. The predicted molar refractivity (Wildman–Crippen MR) is 96.3 cm³/mol. The monoisotopic (exact) mass is 344 g/mol. The molecule has 0 N–H and O–H groups in total. The van der Waals surface area contributed by atoms with Crippen molar-refractivity contribution in [1.29, 1.82) is 0 Å². The summed E-state index contributed by atoms with van der Waals surface area (Å²) in [5, 5.41) is 1.79. The van der Waals surface area contributed by atoms with Crippen molar-refractivity contribution in [2.24, 2.45) is 0 Å². The second-order valence-electron chi connectivity index (χ2n) is 5.78. The summed E-state index contributed by atoms with van der Waals surface area (Å²) >= 11 is 7.09. The summed E-state index contributed by atoms with van der Waals surface area (Å²) in [4.78, 5) is 13.2. The molecule has 0 aliphatic rings. The minimum atomic E-state index is 0.0879. The van der Waals surface area contributed by atoms with Crippen LogP contribution in [-0.4, -0.2) is 5.12 Å². The standard InChI is InChI=1S/C19H17ClO2S/c1-12(2)13-3-8-18-17(9-13)14(11-22-18)10-19(21)23-16-6-4-15(20)5-7-16/h3-9,11-12H,10H2,1-2H3. The van der Waals surface area contributed by atoms with Crippen LogP contribution in [-0.2, 0) is 11.2 Å². The quantitative estimate of drug-likeness (QED) is 0.538. The molecule has 0 amide bonds. The Kier molecular flexibility index (Phi) is 4.79. The molecular weight excluding hydrogens is 328 g/mol. The summed E-state index contributed by atoms with van der Waals surface area (Å²) in [6.45, 7) is 4.31. The maximum atomic E-state index is 12.3. The molecule has 3 aromatic rings. The summed E-state index contributed by atoms with van der Waals surface area (Å²) < 4.78 is 5.57. The Balaban J connectivity index is 1.79. The maximum absolute atomic E-state index is 12.3. The lowest BCUT2D eigenvalue weighted by Gasteiger charge is -2.05. The molecule has 118 valence electrons. The predicted octanol–water partition coefficient (Wildman–Crippen LogP) is 6.07. The number of rotatable bonds is 4. The van der Waals surface area contributed by atoms with Gasteiger partial charge in [0, 0.05) is 27.3 Å². The van der Waals surface area contributed by atoms with Crippen molar-refractivity contribution in [2.75, 3.05) is 0 Å². The Morgan fingerprint density at radius 3 is 2.61 bits per heavy atom. The van der Waals surface area contributed by atoms with E-state index in [4.69, 9.17) is 16.0 Å². The molecule has 0 unspecified atom stereocenters. The van der Waals surface area contributed by atoms with Gasteiger partial charge in [-0.1, -0.05) is 43.3 Å². The van der Waals surface area contributed by atoms with Gasteiger partial charge < -0.3 is 4.42 Å². The van der Waals surface area contributed by atoms with Crippen LogP contribution in [0.15, 0.2) is 58.0 Å². The number of fused-ring (bicyclic) bond motifs is 1. The molecule has 1 heterocycles. The smallest absolute Gasteiger partial charge is 0.198 e. The van der Waals surface area contributed by atoms with E-state index in [9.17, 15) is 4.79 Å². The molecule has 3 rings (SSSR count). The third-order valence-electron chi connectivity index (χ3n) is 3.72. The zero-order valence-corrected chi connectivity index (χ0v) is 14.6. The fourth-order valence-electron chi connectivity index (χ4n) is 2.42. The molecule has 0 spiro atoms. The molecule has 0 bridgehead atoms. The van der Waals surface area contributed by atoms with E-state index in [0.29, 0.717) is 17.4 Å². The van der Waals surface area contributed by atoms with E-state index in [1.807, 2.05) is 18.2 Å². The van der Waals surface area contributed by atoms with Crippen molar-refractivity contribution in [3.05, 3.63) is 64.9 Å². The van der Waals surface area contributed by atoms with Crippen molar-refractivity contribution in [3.8, 4) is 0 Å². The van der Waals surface area contributed by atoms with Gasteiger partial charge in [0.1, 0.15) is 5.58 Å². The first kappa shape index (κ1) is 16.2. The SMILES string of the molecule is CC(C)c1ccc2occ(CC(=O)Sc3ccc(Cl)cc3)c2c1. The third-order valence-corrected chi connectivity index (χ3v) is 4.86. The first-order valence-electron chi connectivity index (χ1n) is 7.49. The number of carbonyl (C=O) groups excluding carboxylic acids is 1. The molecule has 1 aromatic heterocycles. The number of hydrogen-bond acceptors (Lipinski definition) is 3. The molecular formula is C19H17ClO2S. The zero-order chi connectivity index (χ0) is 16.4. The highest BCUT2D eigenvalue weighted by molar-refractivity contribution is 8.13. The fourth-order valence-corrected chi connectivity index (χ4v) is 3.31. The molecule has 2 aromatic carbocycles. The highest BCUT2D eigenvalue weighted by Gasteiger charge is 2.13. The molecule has 0 aliphatic carbocycles. The van der Waals surface area contributed by atoms with Crippen LogP contribution >= 0.6 is 23.4 Å². The van der Waals surface area contributed by atoms with Crippen molar-refractivity contribution in [3.63, 3.8) is 0 Å². The van der Waals surface area contributed by atoms with Gasteiger partial charge in [0.15, 0.2) is 5.12 Å². The van der Waals surface area contributed by atoms with Gasteiger partial charge >= 0.3 is 0 Å². The molecule has 2 nitrogen and oxygen atoms in total. The van der Waals surface area contributed by atoms with Crippen molar-refractivity contribution in [2.45, 2.75) is 31.1 Å². The average molecular weight is 345 g/mol. The number of carbonyl (C=O) groups is 1. The lowest BCUT2D eigenvalue weighted by atomic mass is 10.00. The number of furan rings is 1. The van der Waals surface area contributed by atoms with Crippen LogP contribution in [0.25, 0.3) is 11.0 Å². The first-order chi connectivity index (χ1) is 11.0. The lowest BCUT2D eigenvalue weighted by molar-refractivity contribution is -0.110. The van der Waals surface area contributed by atoms with Gasteiger partial charge in [-0.15, -0.1) is 0 Å². The Morgan fingerprint density at radius 2 is 1.91 bits per heavy atom. The molecule has 23 heavy (non-hydrogen) atoms. The van der Waals surface area contributed by atoms with Gasteiger partial charge in [0.2, 0.25) is 0 Å². The molecule has 0 fully saturated rings. The Labute approximate surface area is 144 Å². The Morgan fingerprint density at radius 1 is 1.17 bits per heavy atom. The summed E-state index contributed by atoms with van der Waals surface area (Å²) in [5.41, 5.74) is 3.01. The summed E-state index contributed by atoms with van der Waals surface area (Å²) in [5.74, 6) is 0.446. The van der Waals surface area contributed by atoms with E-state index in [1.54, 1.807) is 18.4 Å². The summed E-state index contributed by atoms with van der Waals surface area (Å²) in [6, 6.07) is 13.5. The normalized spacial score (nSPS) is 11.3. The van der Waals surface area contributed by atoms with Gasteiger partial charge in [-0.2, -0.15) is 0 Å². The molecule has 0 saturated carbocycles. The highest BCUT2D eigenvalue weighted by atomic mass is 35.5. The van der Waals surface area contributed by atoms with Crippen LogP contribution in [0.2, 0.25) is 5.02 Å². The first-order valence-corrected chi connectivity index (χ1v) is 8.68. The topological polar surface area (TPSA) is 30.2 Å². The van der Waals surface area contributed by atoms with Gasteiger partial charge in [0.05, 0.1) is 6.26 Å². The van der Waals surface area contributed by atoms with E-state index < -0.39 is 0 Å². The lowest BCUT2D eigenvalue weighted by Crippen LogP contribution is -1.97. The van der Waals surface area contributed by atoms with Gasteiger partial charge in [-0.25, -0.2) is 0 Å². The summed E-state index contributed by atoms with van der Waals surface area (Å²) in [7, 11) is 0. The van der Waals surface area contributed by atoms with E-state index in [0.717, 1.165) is 21.4 Å². The van der Waals surface area contributed by atoms with E-state index in [2.05, 4.69) is 26.0 Å². The minimum absolute atomic E-state index is 0.0879. The van der Waals surface area contributed by atoms with E-state index in [-0.39, 0.29) is 5.12 Å². The van der Waals surface area contributed by atoms with Crippen molar-refractivity contribution < 1.29 is 9.21 Å². The number of hydrogen-bond donors (Lipinski definition) is 0. The number of thioether (sulfide) groups is 1. The van der Waals surface area contributed by atoms with Crippen molar-refractivity contribution in [1.82, 2.24) is 0 Å². The average Bonchev–Trinajstić information content (AvgIpc) is 2.92. The number of benzene rings is 2. The van der Waals surface area contributed by atoms with Crippen LogP contribution in [0.1, 0.15) is 30.9 Å². The number of halogens is 1. The Bertz CT molecular complexity index is 834. The van der Waals surface area contributed by atoms with Gasteiger partial charge in [-0.05, 0) is 47.9 Å². The van der Waals surface area contributed by atoms with Gasteiger partial charge in [-0.3, -0.25) is 4.79 Å². The zero-order valence-electron chi connectivity index (χ0n) is 13.0. The van der Waals surface area contributed by atoms with E-state index in [1.165, 1.54) is 17.3 Å². The highest BCUT2D eigenvalue weighted by Crippen LogP contribution is 2.28. The molecule has 0 radical (unpaired) electrons. The maximum Gasteiger partial charge on any atom is 0.198 e. The molecule has 0 saturated heterocycles. The molecule has 4 heteroatoms. The second kappa shape index (κ2) is 6.81. The molecule has 0 atom stereocenters. The largest absolute Gasteiger partial charge is 0.464 e. The van der Waals surface area contributed by atoms with Crippen LogP contribution in [0, 0.1) is 0 Å². The van der Waals surface area contributed by atoms with Crippen LogP contribution in [0.5, 0.6) is 0 Å². The third kappa shape index (κ3) is 3.80. The van der Waals surface area contributed by atoms with Crippen molar-refractivity contribution >= 4 is 39.4 Å². The minimum Gasteiger partial charge on any atom is -0.464 e. The van der Waals surface area contributed by atoms with Crippen LogP contribution < -0.4 is 0 Å². The molecule has 0 aliphatic heterocycles. The second-order valence-corrected chi connectivity index (χ2v) is 7.34. The summed E-state index contributed by atoms with van der Waals surface area (Å²) in [6.07, 6.45) is 2.04.